The van der Waals surface area contributed by atoms with Gasteiger partial charge in [0, 0.05) is 35.3 Å². The first-order valence-electron chi connectivity index (χ1n) is 12.4. The second kappa shape index (κ2) is 9.68. The van der Waals surface area contributed by atoms with Crippen LogP contribution in [0.4, 0.5) is 20.2 Å². The SMILES string of the molecule is [2H][C@](Nc1cc(Cl)c2ncc(C#N)c(NCC(C)(C)C)c2c1)(c1cn(C2CC2(F)F)nn1)c1ccccc1Cl. The van der Waals surface area contributed by atoms with E-state index in [-0.39, 0.29) is 22.6 Å². The molecule has 196 valence electrons. The molecule has 1 unspecified atom stereocenters. The van der Waals surface area contributed by atoms with E-state index in [1.807, 2.05) is 0 Å². The lowest BCUT2D eigenvalue weighted by atomic mass is 9.96. The molecule has 5 rings (SSSR count). The maximum absolute atomic E-state index is 13.7. The zero-order valence-electron chi connectivity index (χ0n) is 21.9. The van der Waals surface area contributed by atoms with Crippen molar-refractivity contribution < 1.29 is 10.2 Å². The number of fused-ring (bicyclic) bond motifs is 1. The largest absolute Gasteiger partial charge is 0.383 e. The van der Waals surface area contributed by atoms with Gasteiger partial charge in [0.2, 0.25) is 0 Å². The predicted octanol–water partition coefficient (Wildman–Crippen LogP) is 7.24. The fraction of sp³-hybridized carbons (Fsp3) is 0.333. The summed E-state index contributed by atoms with van der Waals surface area (Å²) in [5, 5.41) is 25.4. The predicted molar refractivity (Wildman–Crippen MR) is 145 cm³/mol. The maximum Gasteiger partial charge on any atom is 0.272 e. The smallest absolute Gasteiger partial charge is 0.272 e. The van der Waals surface area contributed by atoms with Gasteiger partial charge in [0.15, 0.2) is 0 Å². The summed E-state index contributed by atoms with van der Waals surface area (Å²) in [6.45, 7) is 6.78. The Balaban J connectivity index is 1.63. The number of anilines is 2. The van der Waals surface area contributed by atoms with E-state index in [0.29, 0.717) is 45.0 Å². The molecule has 0 spiro atoms. The van der Waals surface area contributed by atoms with E-state index >= 15 is 0 Å². The summed E-state index contributed by atoms with van der Waals surface area (Å²) in [6.07, 6.45) is 2.47. The van der Waals surface area contributed by atoms with Gasteiger partial charge in [0.1, 0.15) is 17.8 Å². The molecule has 0 saturated heterocycles. The van der Waals surface area contributed by atoms with Crippen LogP contribution >= 0.6 is 23.2 Å². The molecular formula is C27H25Cl2F2N7. The fourth-order valence-corrected chi connectivity index (χ4v) is 4.57. The van der Waals surface area contributed by atoms with Gasteiger partial charge in [-0.2, -0.15) is 5.26 Å². The second-order valence-corrected chi connectivity index (χ2v) is 11.3. The van der Waals surface area contributed by atoms with E-state index in [4.69, 9.17) is 23.2 Å². The number of nitrogens with one attached hydrogen (secondary N) is 2. The minimum Gasteiger partial charge on any atom is -0.383 e. The third kappa shape index (κ3) is 5.24. The normalized spacial score (nSPS) is 18.4. The van der Waals surface area contributed by atoms with E-state index in [1.54, 1.807) is 36.4 Å². The quantitative estimate of drug-likeness (QED) is 0.249. The van der Waals surface area contributed by atoms with Crippen molar-refractivity contribution in [3.63, 3.8) is 0 Å². The van der Waals surface area contributed by atoms with Crippen LogP contribution in [0, 0.1) is 16.7 Å². The molecule has 2 aromatic carbocycles. The van der Waals surface area contributed by atoms with Gasteiger partial charge in [-0.15, -0.1) is 5.10 Å². The van der Waals surface area contributed by atoms with Crippen molar-refractivity contribution in [3.05, 3.63) is 75.7 Å². The molecular weight excluding hydrogens is 531 g/mol. The van der Waals surface area contributed by atoms with Crippen molar-refractivity contribution >= 4 is 45.5 Å². The van der Waals surface area contributed by atoms with Crippen molar-refractivity contribution in [1.82, 2.24) is 20.0 Å². The first kappa shape index (κ1) is 24.8. The van der Waals surface area contributed by atoms with Crippen LogP contribution in [0.15, 0.2) is 48.8 Å². The fourth-order valence-electron chi connectivity index (χ4n) is 4.07. The van der Waals surface area contributed by atoms with Crippen molar-refractivity contribution in [2.45, 2.75) is 45.2 Å². The Morgan fingerprint density at radius 2 is 2.00 bits per heavy atom. The Kier molecular flexibility index (Phi) is 6.33. The van der Waals surface area contributed by atoms with Gasteiger partial charge in [-0.05, 0) is 29.2 Å². The van der Waals surface area contributed by atoms with Crippen molar-refractivity contribution in [1.29, 1.82) is 5.26 Å². The summed E-state index contributed by atoms with van der Waals surface area (Å²) in [6, 6.07) is 9.32. The van der Waals surface area contributed by atoms with Gasteiger partial charge < -0.3 is 10.6 Å². The van der Waals surface area contributed by atoms with Crippen LogP contribution in [-0.4, -0.2) is 32.4 Å². The van der Waals surface area contributed by atoms with Crippen LogP contribution in [0.25, 0.3) is 10.9 Å². The molecule has 11 heteroatoms. The molecule has 1 aliphatic carbocycles. The summed E-state index contributed by atoms with van der Waals surface area (Å²) in [5.74, 6) is -2.86. The number of hydrogen-bond donors (Lipinski definition) is 2. The zero-order chi connectivity index (χ0) is 28.2. The Labute approximate surface area is 230 Å². The summed E-state index contributed by atoms with van der Waals surface area (Å²) >= 11 is 13.2. The summed E-state index contributed by atoms with van der Waals surface area (Å²) < 4.78 is 38.0. The highest BCUT2D eigenvalue weighted by molar-refractivity contribution is 6.36. The molecule has 2 heterocycles. The summed E-state index contributed by atoms with van der Waals surface area (Å²) in [7, 11) is 0. The average Bonchev–Trinajstić information content (AvgIpc) is 3.24. The van der Waals surface area contributed by atoms with Crippen LogP contribution in [0.5, 0.6) is 0 Å². The van der Waals surface area contributed by atoms with E-state index in [0.717, 1.165) is 4.68 Å². The minimum absolute atomic E-state index is 0.0736. The van der Waals surface area contributed by atoms with Gasteiger partial charge in [-0.3, -0.25) is 4.98 Å². The van der Waals surface area contributed by atoms with Crippen molar-refractivity contribution in [3.8, 4) is 6.07 Å². The maximum atomic E-state index is 13.7. The molecule has 2 atom stereocenters. The van der Waals surface area contributed by atoms with E-state index in [2.05, 4.69) is 52.8 Å². The molecule has 7 nitrogen and oxygen atoms in total. The van der Waals surface area contributed by atoms with E-state index in [9.17, 15) is 15.4 Å². The Bertz CT molecular complexity index is 1610. The highest BCUT2D eigenvalue weighted by Crippen LogP contribution is 2.52. The number of nitrogens with zero attached hydrogens (tertiary/aromatic N) is 5. The monoisotopic (exact) mass is 556 g/mol. The minimum atomic E-state index is -2.86. The van der Waals surface area contributed by atoms with Crippen LogP contribution in [0.2, 0.25) is 10.0 Å². The lowest BCUT2D eigenvalue weighted by Crippen LogP contribution is -2.20. The van der Waals surface area contributed by atoms with E-state index in [1.165, 1.54) is 12.4 Å². The Morgan fingerprint density at radius 1 is 1.26 bits per heavy atom. The molecule has 0 radical (unpaired) electrons. The highest BCUT2D eigenvalue weighted by atomic mass is 35.5. The lowest BCUT2D eigenvalue weighted by Gasteiger charge is -2.22. The Hall–Kier alpha value is -3.48. The number of nitriles is 1. The molecule has 1 fully saturated rings. The third-order valence-electron chi connectivity index (χ3n) is 6.13. The van der Waals surface area contributed by atoms with Crippen LogP contribution in [-0.2, 0) is 0 Å². The van der Waals surface area contributed by atoms with Gasteiger partial charge >= 0.3 is 0 Å². The number of aromatic nitrogens is 4. The Morgan fingerprint density at radius 3 is 2.66 bits per heavy atom. The number of benzene rings is 2. The molecule has 1 saturated carbocycles. The number of rotatable bonds is 7. The molecule has 2 N–H and O–H groups in total. The molecule has 0 bridgehead atoms. The number of hydrogen-bond acceptors (Lipinski definition) is 6. The molecule has 0 aliphatic heterocycles. The molecule has 2 aromatic heterocycles. The first-order chi connectivity index (χ1) is 18.3. The average molecular weight is 557 g/mol. The second-order valence-electron chi connectivity index (χ2n) is 10.5. The summed E-state index contributed by atoms with van der Waals surface area (Å²) in [4.78, 5) is 4.38. The topological polar surface area (TPSA) is 91.5 Å². The van der Waals surface area contributed by atoms with Crippen molar-refractivity contribution in [2.75, 3.05) is 17.2 Å². The number of halogens is 4. The molecule has 4 aromatic rings. The van der Waals surface area contributed by atoms with Gasteiger partial charge in [0.25, 0.3) is 5.92 Å². The number of alkyl halides is 2. The first-order valence-corrected chi connectivity index (χ1v) is 12.7. The van der Waals surface area contributed by atoms with Crippen molar-refractivity contribution in [2.24, 2.45) is 5.41 Å². The van der Waals surface area contributed by atoms with E-state index < -0.39 is 18.0 Å². The van der Waals surface area contributed by atoms with Gasteiger partial charge in [-0.25, -0.2) is 13.5 Å². The van der Waals surface area contributed by atoms with Gasteiger partial charge in [0.05, 0.1) is 35.4 Å². The van der Waals surface area contributed by atoms with Crippen LogP contribution in [0.3, 0.4) is 0 Å². The van der Waals surface area contributed by atoms with Gasteiger partial charge in [-0.1, -0.05) is 67.4 Å². The van der Waals surface area contributed by atoms with Crippen LogP contribution < -0.4 is 10.6 Å². The summed E-state index contributed by atoms with van der Waals surface area (Å²) in [5.41, 5.74) is 2.14. The number of pyridine rings is 1. The van der Waals surface area contributed by atoms with Crippen LogP contribution in [0.1, 0.15) is 57.4 Å². The molecule has 0 amide bonds. The standard InChI is InChI=1S/C27H25Cl2F2N7/c1-26(2,3)14-34-23-15(11-32)12-33-24-18(23)8-16(9-20(24)29)35-25(17-6-4-5-7-19(17)28)21-13-38(37-36-21)22-10-27(22,30)31/h4-9,12-13,22,25,35H,10,14H2,1-3H3,(H,33,34)/t22?,25-/m1/s1/i25D. The molecule has 1 aliphatic rings. The third-order valence-corrected chi connectivity index (χ3v) is 6.75. The zero-order valence-corrected chi connectivity index (χ0v) is 22.4. The molecule has 38 heavy (non-hydrogen) atoms. The highest BCUT2D eigenvalue weighted by Gasteiger charge is 2.59. The lowest BCUT2D eigenvalue weighted by molar-refractivity contribution is 0.0979.